The zero-order chi connectivity index (χ0) is 26.4. The number of rotatable bonds is 12. The molecule has 1 fully saturated rings. The zero-order valence-corrected chi connectivity index (χ0v) is 22.0. The highest BCUT2D eigenvalue weighted by Gasteiger charge is 2.32. The SMILES string of the molecule is COc1ccc(F)cc1CCc1cc(/C(C)=N/OC(C)C)c(=O)n(C[C@@H](NC(=O)C2CC2)C(C)C)n1. The quantitative estimate of drug-likeness (QED) is 0.353. The molecule has 0 radical (unpaired) electrons. The topological polar surface area (TPSA) is 94.8 Å². The van der Waals surface area contributed by atoms with Crippen molar-refractivity contribution in [1.82, 2.24) is 15.1 Å². The third-order valence-corrected chi connectivity index (χ3v) is 6.16. The third-order valence-electron chi connectivity index (χ3n) is 6.16. The summed E-state index contributed by atoms with van der Waals surface area (Å²) in [6, 6.07) is 5.86. The first kappa shape index (κ1) is 27.4. The Morgan fingerprint density at radius 2 is 1.94 bits per heavy atom. The van der Waals surface area contributed by atoms with Gasteiger partial charge in [0.05, 0.1) is 36.7 Å². The Bertz CT molecular complexity index is 1150. The second-order valence-corrected chi connectivity index (χ2v) is 9.96. The first-order valence-electron chi connectivity index (χ1n) is 12.5. The van der Waals surface area contributed by atoms with Crippen molar-refractivity contribution < 1.29 is 18.8 Å². The maximum atomic E-state index is 13.8. The number of carbonyl (C=O) groups is 1. The van der Waals surface area contributed by atoms with Crippen LogP contribution in [0, 0.1) is 17.7 Å². The second kappa shape index (κ2) is 12.1. The number of halogens is 1. The van der Waals surface area contributed by atoms with E-state index < -0.39 is 0 Å². The molecule has 0 spiro atoms. The number of oxime groups is 1. The van der Waals surface area contributed by atoms with E-state index in [4.69, 9.17) is 9.57 Å². The van der Waals surface area contributed by atoms with E-state index in [2.05, 4.69) is 15.6 Å². The minimum absolute atomic E-state index is 0.0272. The number of ether oxygens (including phenoxy) is 1. The molecule has 0 saturated heterocycles. The van der Waals surface area contributed by atoms with Gasteiger partial charge in [-0.3, -0.25) is 9.59 Å². The summed E-state index contributed by atoms with van der Waals surface area (Å²) < 4.78 is 20.6. The van der Waals surface area contributed by atoms with E-state index in [1.165, 1.54) is 16.8 Å². The van der Waals surface area contributed by atoms with Gasteiger partial charge in [0.2, 0.25) is 5.91 Å². The number of nitrogens with zero attached hydrogens (tertiary/aromatic N) is 3. The molecular weight excluding hydrogens is 463 g/mol. The van der Waals surface area contributed by atoms with Crippen LogP contribution in [0.4, 0.5) is 4.39 Å². The fraction of sp³-hybridized carbons (Fsp3) is 0.556. The molecule has 1 amide bonds. The summed E-state index contributed by atoms with van der Waals surface area (Å²) in [6.45, 7) is 9.68. The maximum absolute atomic E-state index is 13.8. The molecular formula is C27H37FN4O4. The van der Waals surface area contributed by atoms with Crippen molar-refractivity contribution in [3.8, 4) is 5.75 Å². The summed E-state index contributed by atoms with van der Waals surface area (Å²) in [5.41, 5.74) is 1.87. The number of hydrogen-bond acceptors (Lipinski definition) is 6. The normalized spacial score (nSPS) is 14.8. The molecule has 1 atom stereocenters. The Kier molecular flexibility index (Phi) is 9.23. The molecule has 3 rings (SSSR count). The highest BCUT2D eigenvalue weighted by Crippen LogP contribution is 2.29. The van der Waals surface area contributed by atoms with Crippen molar-refractivity contribution in [2.75, 3.05) is 7.11 Å². The van der Waals surface area contributed by atoms with E-state index in [1.54, 1.807) is 26.2 Å². The minimum atomic E-state index is -0.343. The Morgan fingerprint density at radius 1 is 1.22 bits per heavy atom. The lowest BCUT2D eigenvalue weighted by molar-refractivity contribution is -0.123. The lowest BCUT2D eigenvalue weighted by Gasteiger charge is -2.23. The van der Waals surface area contributed by atoms with Gasteiger partial charge in [0.15, 0.2) is 0 Å². The van der Waals surface area contributed by atoms with Gasteiger partial charge in [-0.05, 0) is 82.2 Å². The highest BCUT2D eigenvalue weighted by molar-refractivity contribution is 5.98. The van der Waals surface area contributed by atoms with E-state index >= 15 is 0 Å². The molecule has 0 unspecified atom stereocenters. The van der Waals surface area contributed by atoms with Gasteiger partial charge in [0.25, 0.3) is 5.56 Å². The van der Waals surface area contributed by atoms with Crippen LogP contribution in [0.25, 0.3) is 0 Å². The molecule has 1 N–H and O–H groups in total. The number of methoxy groups -OCH3 is 1. The molecule has 1 aliphatic rings. The van der Waals surface area contributed by atoms with Crippen LogP contribution in [0.1, 0.15) is 64.3 Å². The molecule has 1 aromatic carbocycles. The smallest absolute Gasteiger partial charge is 0.276 e. The van der Waals surface area contributed by atoms with Crippen LogP contribution in [0.5, 0.6) is 5.75 Å². The molecule has 0 bridgehead atoms. The number of hydrogen-bond donors (Lipinski definition) is 1. The predicted octanol–water partition coefficient (Wildman–Crippen LogP) is 3.88. The van der Waals surface area contributed by atoms with E-state index in [9.17, 15) is 14.0 Å². The van der Waals surface area contributed by atoms with Crippen molar-refractivity contribution in [3.05, 3.63) is 57.3 Å². The van der Waals surface area contributed by atoms with Crippen LogP contribution in [-0.4, -0.2) is 40.7 Å². The van der Waals surface area contributed by atoms with Gasteiger partial charge < -0.3 is 14.9 Å². The molecule has 196 valence electrons. The Balaban J connectivity index is 1.94. The van der Waals surface area contributed by atoms with Gasteiger partial charge in [-0.2, -0.15) is 5.10 Å². The second-order valence-electron chi connectivity index (χ2n) is 9.96. The monoisotopic (exact) mass is 500 g/mol. The average molecular weight is 501 g/mol. The molecule has 1 aliphatic carbocycles. The Morgan fingerprint density at radius 3 is 2.56 bits per heavy atom. The van der Waals surface area contributed by atoms with Crippen LogP contribution in [0.2, 0.25) is 0 Å². The summed E-state index contributed by atoms with van der Waals surface area (Å²) >= 11 is 0. The van der Waals surface area contributed by atoms with Crippen molar-refractivity contribution in [2.24, 2.45) is 17.0 Å². The number of aromatic nitrogens is 2. The Labute approximate surface area is 211 Å². The van der Waals surface area contributed by atoms with Gasteiger partial charge in [-0.25, -0.2) is 9.07 Å². The first-order chi connectivity index (χ1) is 17.1. The van der Waals surface area contributed by atoms with E-state index in [-0.39, 0.29) is 47.8 Å². The number of nitrogens with one attached hydrogen (secondary N) is 1. The molecule has 1 aromatic heterocycles. The fourth-order valence-corrected chi connectivity index (χ4v) is 3.80. The van der Waals surface area contributed by atoms with Gasteiger partial charge >= 0.3 is 0 Å². The summed E-state index contributed by atoms with van der Waals surface area (Å²) in [4.78, 5) is 31.2. The van der Waals surface area contributed by atoms with Gasteiger partial charge in [0, 0.05) is 5.92 Å². The number of carbonyl (C=O) groups excluding carboxylic acids is 1. The molecule has 8 nitrogen and oxygen atoms in total. The number of amides is 1. The van der Waals surface area contributed by atoms with Gasteiger partial charge in [0.1, 0.15) is 17.7 Å². The summed E-state index contributed by atoms with van der Waals surface area (Å²) in [7, 11) is 1.55. The van der Waals surface area contributed by atoms with E-state index in [0.717, 1.165) is 12.8 Å². The number of benzene rings is 1. The fourth-order valence-electron chi connectivity index (χ4n) is 3.80. The molecule has 9 heteroatoms. The van der Waals surface area contributed by atoms with Crippen LogP contribution in [0.3, 0.4) is 0 Å². The van der Waals surface area contributed by atoms with Crippen LogP contribution in [-0.2, 0) is 29.0 Å². The molecule has 1 saturated carbocycles. The van der Waals surface area contributed by atoms with Crippen molar-refractivity contribution in [2.45, 2.75) is 79.0 Å². The van der Waals surface area contributed by atoms with Crippen LogP contribution >= 0.6 is 0 Å². The van der Waals surface area contributed by atoms with Crippen molar-refractivity contribution in [3.63, 3.8) is 0 Å². The van der Waals surface area contributed by atoms with E-state index in [0.29, 0.717) is 41.1 Å². The molecule has 0 aliphatic heterocycles. The standard InChI is InChI=1S/C27H37FN4O4/c1-16(2)24(29-26(33)19-7-8-19)15-32-27(34)23(18(5)31-36-17(3)4)14-22(30-32)11-9-20-13-21(28)10-12-25(20)35-6/h10,12-14,16-17,19,24H,7-9,11,15H2,1-6H3,(H,29,33)/b31-18+/t24-/m1/s1. The average Bonchev–Trinajstić information content (AvgIpc) is 3.68. The lowest BCUT2D eigenvalue weighted by atomic mass is 10.0. The summed E-state index contributed by atoms with van der Waals surface area (Å²) in [5.74, 6) is 0.449. The first-order valence-corrected chi connectivity index (χ1v) is 12.5. The predicted molar refractivity (Wildman–Crippen MR) is 137 cm³/mol. The van der Waals surface area contributed by atoms with Crippen molar-refractivity contribution >= 4 is 11.6 Å². The zero-order valence-electron chi connectivity index (χ0n) is 22.0. The van der Waals surface area contributed by atoms with Gasteiger partial charge in [-0.1, -0.05) is 19.0 Å². The number of aryl methyl sites for hydroxylation is 2. The summed E-state index contributed by atoms with van der Waals surface area (Å²) in [6.07, 6.45) is 2.60. The lowest BCUT2D eigenvalue weighted by Crippen LogP contribution is -2.45. The van der Waals surface area contributed by atoms with Crippen LogP contribution in [0.15, 0.2) is 34.2 Å². The highest BCUT2D eigenvalue weighted by atomic mass is 19.1. The Hall–Kier alpha value is -3.23. The third kappa shape index (κ3) is 7.38. The van der Waals surface area contributed by atoms with Crippen LogP contribution < -0.4 is 15.6 Å². The largest absolute Gasteiger partial charge is 0.496 e. The van der Waals surface area contributed by atoms with E-state index in [1.807, 2.05) is 27.7 Å². The molecule has 36 heavy (non-hydrogen) atoms. The minimum Gasteiger partial charge on any atom is -0.496 e. The summed E-state index contributed by atoms with van der Waals surface area (Å²) in [5, 5.41) is 11.8. The molecule has 1 heterocycles. The maximum Gasteiger partial charge on any atom is 0.276 e. The molecule has 2 aromatic rings. The van der Waals surface area contributed by atoms with Crippen molar-refractivity contribution in [1.29, 1.82) is 0 Å². The van der Waals surface area contributed by atoms with Gasteiger partial charge in [-0.15, -0.1) is 0 Å².